The topological polar surface area (TPSA) is 9.23 Å². The van der Waals surface area contributed by atoms with Crippen molar-refractivity contribution in [3.63, 3.8) is 0 Å². The molecular formula is C19H9F7O. The fourth-order valence-electron chi connectivity index (χ4n) is 2.40. The summed E-state index contributed by atoms with van der Waals surface area (Å²) >= 11 is 0. The molecule has 27 heavy (non-hydrogen) atoms. The summed E-state index contributed by atoms with van der Waals surface area (Å²) < 4.78 is 99.9. The van der Waals surface area contributed by atoms with Crippen molar-refractivity contribution in [2.75, 3.05) is 0 Å². The molecule has 0 spiro atoms. The van der Waals surface area contributed by atoms with Crippen LogP contribution in [0, 0.1) is 29.1 Å². The lowest BCUT2D eigenvalue weighted by Gasteiger charge is -2.20. The van der Waals surface area contributed by atoms with Crippen LogP contribution in [-0.4, -0.2) is 0 Å². The Hall–Kier alpha value is -3.03. The number of ether oxygens (including phenoxy) is 1. The van der Waals surface area contributed by atoms with Crippen molar-refractivity contribution in [3.05, 3.63) is 89.2 Å². The molecule has 3 rings (SSSR count). The van der Waals surface area contributed by atoms with Gasteiger partial charge in [0.15, 0.2) is 11.6 Å². The van der Waals surface area contributed by atoms with E-state index in [2.05, 4.69) is 4.74 Å². The summed E-state index contributed by atoms with van der Waals surface area (Å²) in [5, 5.41) is 0. The number of hydrogen-bond donors (Lipinski definition) is 0. The molecule has 0 amide bonds. The van der Waals surface area contributed by atoms with E-state index in [4.69, 9.17) is 0 Å². The Labute approximate surface area is 148 Å². The Morgan fingerprint density at radius 3 is 1.74 bits per heavy atom. The Balaban J connectivity index is 1.97. The first kappa shape index (κ1) is 18.8. The highest BCUT2D eigenvalue weighted by atomic mass is 19.3. The Morgan fingerprint density at radius 1 is 0.593 bits per heavy atom. The zero-order valence-electron chi connectivity index (χ0n) is 13.3. The molecule has 0 heterocycles. The third kappa shape index (κ3) is 3.89. The van der Waals surface area contributed by atoms with Gasteiger partial charge in [0, 0.05) is 6.07 Å². The monoisotopic (exact) mass is 386 g/mol. The quantitative estimate of drug-likeness (QED) is 0.487. The normalized spacial score (nSPS) is 11.5. The van der Waals surface area contributed by atoms with Gasteiger partial charge in [0.2, 0.25) is 0 Å². The van der Waals surface area contributed by atoms with Crippen molar-refractivity contribution < 1.29 is 35.5 Å². The summed E-state index contributed by atoms with van der Waals surface area (Å²) in [6.07, 6.45) is -4.50. The van der Waals surface area contributed by atoms with Crippen molar-refractivity contribution in [1.29, 1.82) is 0 Å². The summed E-state index contributed by atoms with van der Waals surface area (Å²) in [5.41, 5.74) is -1.60. The van der Waals surface area contributed by atoms with Gasteiger partial charge in [-0.25, -0.2) is 22.0 Å². The van der Waals surface area contributed by atoms with E-state index >= 15 is 0 Å². The molecule has 140 valence electrons. The van der Waals surface area contributed by atoms with Gasteiger partial charge in [-0.2, -0.15) is 8.78 Å². The molecule has 0 atom stereocenters. The Morgan fingerprint density at radius 2 is 1.19 bits per heavy atom. The van der Waals surface area contributed by atoms with E-state index in [1.807, 2.05) is 0 Å². The van der Waals surface area contributed by atoms with E-state index in [9.17, 15) is 30.7 Å². The summed E-state index contributed by atoms with van der Waals surface area (Å²) in [4.78, 5) is 0. The number of benzene rings is 3. The van der Waals surface area contributed by atoms with Crippen LogP contribution in [0.5, 0.6) is 5.75 Å². The summed E-state index contributed by atoms with van der Waals surface area (Å²) in [5.74, 6) is -7.41. The number of hydrogen-bond acceptors (Lipinski definition) is 1. The second-order valence-corrected chi connectivity index (χ2v) is 5.52. The third-order valence-corrected chi connectivity index (χ3v) is 3.65. The predicted molar refractivity (Wildman–Crippen MR) is 82.6 cm³/mol. The molecule has 0 aliphatic rings. The smallest absolute Gasteiger partial charge is 0.429 e. The van der Waals surface area contributed by atoms with Gasteiger partial charge in [-0.3, -0.25) is 0 Å². The van der Waals surface area contributed by atoms with Gasteiger partial charge in [0.1, 0.15) is 28.8 Å². The third-order valence-electron chi connectivity index (χ3n) is 3.65. The summed E-state index contributed by atoms with van der Waals surface area (Å²) in [6, 6.07) is 7.34. The molecular weight excluding hydrogens is 377 g/mol. The molecule has 0 bridgehead atoms. The molecule has 0 aromatic heterocycles. The van der Waals surface area contributed by atoms with E-state index in [1.165, 1.54) is 12.1 Å². The fraction of sp³-hybridized carbons (Fsp3) is 0.0526. The molecule has 0 N–H and O–H groups in total. The lowest BCUT2D eigenvalue weighted by atomic mass is 10.0. The van der Waals surface area contributed by atoms with E-state index < -0.39 is 46.5 Å². The van der Waals surface area contributed by atoms with Crippen LogP contribution in [0.2, 0.25) is 0 Å². The lowest BCUT2D eigenvalue weighted by molar-refractivity contribution is -0.189. The van der Waals surface area contributed by atoms with Crippen LogP contribution in [0.1, 0.15) is 5.56 Å². The maximum Gasteiger partial charge on any atom is 0.432 e. The van der Waals surface area contributed by atoms with Crippen LogP contribution in [0.3, 0.4) is 0 Å². The minimum Gasteiger partial charge on any atom is -0.429 e. The molecule has 0 saturated carbocycles. The molecule has 3 aromatic rings. The van der Waals surface area contributed by atoms with Crippen LogP contribution < -0.4 is 4.74 Å². The highest BCUT2D eigenvalue weighted by Crippen LogP contribution is 2.37. The van der Waals surface area contributed by atoms with Crippen LogP contribution in [-0.2, 0) is 6.11 Å². The standard InChI is InChI=1S/C19H9F7O/c20-12-3-1-10(2-4-12)11-7-16(23)18(17(24)8-11)19(25,26)27-13-5-6-14(21)15(22)9-13/h1-9H. The minimum absolute atomic E-state index is 0.0997. The minimum atomic E-state index is -4.50. The van der Waals surface area contributed by atoms with Crippen LogP contribution in [0.15, 0.2) is 54.6 Å². The van der Waals surface area contributed by atoms with Crippen molar-refractivity contribution >= 4 is 0 Å². The Bertz CT molecular complexity index is 961. The second kappa shape index (κ2) is 6.94. The Kier molecular flexibility index (Phi) is 4.82. The van der Waals surface area contributed by atoms with Crippen LogP contribution in [0.4, 0.5) is 30.7 Å². The van der Waals surface area contributed by atoms with E-state index in [0.29, 0.717) is 30.3 Å². The van der Waals surface area contributed by atoms with Crippen molar-refractivity contribution in [1.82, 2.24) is 0 Å². The molecule has 0 fully saturated rings. The molecule has 3 aromatic carbocycles. The highest BCUT2D eigenvalue weighted by Gasteiger charge is 2.41. The van der Waals surface area contributed by atoms with Gasteiger partial charge in [-0.15, -0.1) is 0 Å². The molecule has 0 aliphatic heterocycles. The second-order valence-electron chi connectivity index (χ2n) is 5.52. The van der Waals surface area contributed by atoms with Crippen molar-refractivity contribution in [2.24, 2.45) is 0 Å². The van der Waals surface area contributed by atoms with Crippen molar-refractivity contribution in [3.8, 4) is 16.9 Å². The molecule has 0 radical (unpaired) electrons. The van der Waals surface area contributed by atoms with Crippen LogP contribution >= 0.6 is 0 Å². The van der Waals surface area contributed by atoms with Gasteiger partial charge in [0.25, 0.3) is 0 Å². The molecule has 0 aliphatic carbocycles. The first-order chi connectivity index (χ1) is 12.7. The first-order valence-corrected chi connectivity index (χ1v) is 7.45. The first-order valence-electron chi connectivity index (χ1n) is 7.45. The average molecular weight is 386 g/mol. The maximum atomic E-state index is 14.2. The van der Waals surface area contributed by atoms with Gasteiger partial charge < -0.3 is 4.74 Å². The van der Waals surface area contributed by atoms with Gasteiger partial charge in [-0.1, -0.05) is 12.1 Å². The number of halogens is 7. The SMILES string of the molecule is Fc1ccc(-c2cc(F)c(C(F)(F)Oc3ccc(F)c(F)c3)c(F)c2)cc1. The molecule has 8 heteroatoms. The zero-order valence-corrected chi connectivity index (χ0v) is 13.3. The summed E-state index contributed by atoms with van der Waals surface area (Å²) in [6.45, 7) is 0. The van der Waals surface area contributed by atoms with E-state index in [1.54, 1.807) is 0 Å². The molecule has 0 saturated heterocycles. The van der Waals surface area contributed by atoms with Gasteiger partial charge in [0.05, 0.1) is 0 Å². The summed E-state index contributed by atoms with van der Waals surface area (Å²) in [7, 11) is 0. The zero-order chi connectivity index (χ0) is 19.8. The van der Waals surface area contributed by atoms with E-state index in [0.717, 1.165) is 12.1 Å². The van der Waals surface area contributed by atoms with Crippen molar-refractivity contribution in [2.45, 2.75) is 6.11 Å². The van der Waals surface area contributed by atoms with Crippen LogP contribution in [0.25, 0.3) is 11.1 Å². The highest BCUT2D eigenvalue weighted by molar-refractivity contribution is 5.64. The maximum absolute atomic E-state index is 14.2. The molecule has 1 nitrogen and oxygen atoms in total. The lowest BCUT2D eigenvalue weighted by Crippen LogP contribution is -2.25. The largest absolute Gasteiger partial charge is 0.432 e. The number of rotatable bonds is 4. The average Bonchev–Trinajstić information content (AvgIpc) is 2.57. The predicted octanol–water partition coefficient (Wildman–Crippen LogP) is 6.18. The van der Waals surface area contributed by atoms with Gasteiger partial charge in [-0.05, 0) is 47.5 Å². The number of alkyl halides is 2. The van der Waals surface area contributed by atoms with E-state index in [-0.39, 0.29) is 11.1 Å². The molecule has 0 unspecified atom stereocenters. The fourth-order valence-corrected chi connectivity index (χ4v) is 2.40. The van der Waals surface area contributed by atoms with Gasteiger partial charge >= 0.3 is 6.11 Å².